The van der Waals surface area contributed by atoms with Crippen molar-refractivity contribution in [1.29, 1.82) is 0 Å². The van der Waals surface area contributed by atoms with Crippen molar-refractivity contribution in [2.45, 2.75) is 9.32 Å². The third kappa shape index (κ3) is 2.65. The first-order valence-corrected chi connectivity index (χ1v) is 12.9. The molecule has 10 heteroatoms. The van der Waals surface area contributed by atoms with Crippen molar-refractivity contribution in [3.63, 3.8) is 0 Å². The summed E-state index contributed by atoms with van der Waals surface area (Å²) in [5.41, 5.74) is 0. The highest BCUT2D eigenvalue weighted by atomic mass is 127. The minimum Gasteiger partial charge on any atom is -0.375 e. The minimum absolute atomic E-state index is 0.0317. The second-order valence-corrected chi connectivity index (χ2v) is 25.7. The fourth-order valence-corrected chi connectivity index (χ4v) is 16.5. The molecule has 90 valence electrons. The molecular formula is C5HI9O. The third-order valence-corrected chi connectivity index (χ3v) is 33.0. The first-order valence-electron chi connectivity index (χ1n) is 3.17. The number of aliphatic hydroxyl groups is 1. The van der Waals surface area contributed by atoms with E-state index in [1.165, 1.54) is 0 Å². The third-order valence-electron chi connectivity index (χ3n) is 2.02. The first kappa shape index (κ1) is 19.6. The number of alkyl halides is 9. The Morgan fingerprint density at radius 3 is 0.733 bits per heavy atom. The smallest absolute Gasteiger partial charge is 0.166 e. The fourth-order valence-electron chi connectivity index (χ4n) is 1.01. The van der Waals surface area contributed by atoms with E-state index in [4.69, 9.17) is 0 Å². The number of rotatable bonds is 0. The Hall–Kier alpha value is 6.53. The van der Waals surface area contributed by atoms with Gasteiger partial charge in [0.25, 0.3) is 0 Å². The molecule has 0 atom stereocenters. The highest BCUT2D eigenvalue weighted by Gasteiger charge is 2.83. The van der Waals surface area contributed by atoms with Crippen LogP contribution in [0.3, 0.4) is 0 Å². The van der Waals surface area contributed by atoms with Gasteiger partial charge in [-0.2, -0.15) is 0 Å². The summed E-state index contributed by atoms with van der Waals surface area (Å²) >= 11 is 21.7. The molecule has 1 fully saturated rings. The van der Waals surface area contributed by atoms with Crippen molar-refractivity contribution >= 4 is 203 Å². The standard InChI is InChI=1S/C5HI9O/c6-1(7)2(8,9)4(12,13)5(14,15)3(1,10)11/h15H. The van der Waals surface area contributed by atoms with E-state index >= 15 is 0 Å². The molecule has 0 spiro atoms. The highest BCUT2D eigenvalue weighted by molar-refractivity contribution is 14.2. The van der Waals surface area contributed by atoms with Crippen molar-refractivity contribution in [1.82, 2.24) is 0 Å². The summed E-state index contributed by atoms with van der Waals surface area (Å²) in [4.78, 5) is 0. The topological polar surface area (TPSA) is 20.2 Å². The first-order chi connectivity index (χ1) is 6.25. The summed E-state index contributed by atoms with van der Waals surface area (Å²) in [5.74, 6) is 0. The fraction of sp³-hybridized carbons (Fsp3) is 1.00. The molecule has 0 aliphatic heterocycles. The van der Waals surface area contributed by atoms with Gasteiger partial charge < -0.3 is 5.11 Å². The number of hydrogen-bond donors (Lipinski definition) is 1. The number of halogens is 9. The lowest BCUT2D eigenvalue weighted by molar-refractivity contribution is 0.175. The molecule has 0 aromatic rings. The highest BCUT2D eigenvalue weighted by Crippen LogP contribution is 2.81. The Bertz CT molecular complexity index is 203. The second kappa shape index (κ2) is 5.87. The molecule has 1 saturated carbocycles. The van der Waals surface area contributed by atoms with E-state index < -0.39 is 3.61 Å². The van der Waals surface area contributed by atoms with E-state index in [-0.39, 0.29) is 5.71 Å². The van der Waals surface area contributed by atoms with Crippen LogP contribution < -0.4 is 0 Å². The Morgan fingerprint density at radius 1 is 0.467 bits per heavy atom. The van der Waals surface area contributed by atoms with Gasteiger partial charge in [0.15, 0.2) is 3.61 Å². The lowest BCUT2D eigenvalue weighted by Gasteiger charge is -2.36. The summed E-state index contributed by atoms with van der Waals surface area (Å²) in [7, 11) is 0. The molecule has 0 bridgehead atoms. The quantitative estimate of drug-likeness (QED) is 0.221. The molecule has 0 radical (unpaired) electrons. The molecule has 1 N–H and O–H groups in total. The van der Waals surface area contributed by atoms with Crippen LogP contribution in [0.4, 0.5) is 0 Å². The van der Waals surface area contributed by atoms with E-state index in [1.807, 2.05) is 0 Å². The van der Waals surface area contributed by atoms with Gasteiger partial charge in [0.05, 0.1) is 0 Å². The van der Waals surface area contributed by atoms with Crippen molar-refractivity contribution < 1.29 is 5.11 Å². The van der Waals surface area contributed by atoms with Crippen LogP contribution in [0.15, 0.2) is 0 Å². The maximum Gasteiger partial charge on any atom is 0.166 e. The van der Waals surface area contributed by atoms with Crippen molar-refractivity contribution in [2.24, 2.45) is 0 Å². The van der Waals surface area contributed by atoms with Crippen molar-refractivity contribution in [3.8, 4) is 0 Å². The molecule has 1 nitrogen and oxygen atoms in total. The van der Waals surface area contributed by atoms with Crippen LogP contribution in [0.1, 0.15) is 0 Å². The average molecular weight is 1220 g/mol. The number of hydrogen-bond acceptors (Lipinski definition) is 1. The van der Waals surface area contributed by atoms with Gasteiger partial charge in [-0.3, -0.25) is 0 Å². The van der Waals surface area contributed by atoms with Gasteiger partial charge in [0.2, 0.25) is 0 Å². The zero-order valence-electron chi connectivity index (χ0n) is 6.35. The molecule has 0 aromatic carbocycles. The molecule has 1 aliphatic rings. The summed E-state index contributed by atoms with van der Waals surface area (Å²) in [6.45, 7) is 0. The SMILES string of the molecule is OC1(I)C(I)(I)C(I)(I)C(I)(I)C1(I)I. The Kier molecular flexibility index (Phi) is 7.66. The summed E-state index contributed by atoms with van der Waals surface area (Å²) < 4.78 is -1.26. The average Bonchev–Trinajstić information content (AvgIpc) is 2.04. The Balaban J connectivity index is 3.55. The summed E-state index contributed by atoms with van der Waals surface area (Å²) in [6.07, 6.45) is 0. The lowest BCUT2D eigenvalue weighted by Crippen LogP contribution is -2.48. The monoisotopic (exact) mass is 1220 g/mol. The van der Waals surface area contributed by atoms with Gasteiger partial charge in [0, 0.05) is 0 Å². The van der Waals surface area contributed by atoms with Crippen molar-refractivity contribution in [2.75, 3.05) is 0 Å². The molecule has 1 rings (SSSR count). The van der Waals surface area contributed by atoms with Crippen LogP contribution in [0.25, 0.3) is 0 Å². The Labute approximate surface area is 211 Å². The maximum atomic E-state index is 10.9. The normalized spacial score (nSPS) is 34.0. The molecule has 0 unspecified atom stereocenters. The maximum absolute atomic E-state index is 10.9. The van der Waals surface area contributed by atoms with Gasteiger partial charge >= 0.3 is 0 Å². The van der Waals surface area contributed by atoms with E-state index in [0.29, 0.717) is 0 Å². The molecule has 15 heavy (non-hydrogen) atoms. The van der Waals surface area contributed by atoms with Gasteiger partial charge in [-0.25, -0.2) is 0 Å². The summed E-state index contributed by atoms with van der Waals surface area (Å²) in [6, 6.07) is 0. The molecule has 0 saturated heterocycles. The van der Waals surface area contributed by atoms with Crippen molar-refractivity contribution in [3.05, 3.63) is 0 Å². The molecule has 0 aromatic heterocycles. The van der Waals surface area contributed by atoms with E-state index in [0.717, 1.165) is 0 Å². The van der Waals surface area contributed by atoms with E-state index in [1.54, 1.807) is 0 Å². The van der Waals surface area contributed by atoms with Crippen LogP contribution in [0.5, 0.6) is 0 Å². The van der Waals surface area contributed by atoms with E-state index in [2.05, 4.69) is 203 Å². The zero-order chi connectivity index (χ0) is 12.5. The predicted molar refractivity (Wildman–Crippen MR) is 142 cm³/mol. The molecular weight excluding hydrogens is 1220 g/mol. The largest absolute Gasteiger partial charge is 0.375 e. The van der Waals surface area contributed by atoms with E-state index in [9.17, 15) is 5.11 Å². The summed E-state index contributed by atoms with van der Waals surface area (Å²) in [5, 5.41) is 10.9. The van der Waals surface area contributed by atoms with Crippen LogP contribution in [-0.2, 0) is 0 Å². The van der Waals surface area contributed by atoms with Gasteiger partial charge in [-0.15, -0.1) is 0 Å². The van der Waals surface area contributed by atoms with Crippen LogP contribution >= 0.6 is 203 Å². The molecule has 0 amide bonds. The molecule has 0 heterocycles. The minimum atomic E-state index is -0.759. The Morgan fingerprint density at radius 2 is 0.667 bits per heavy atom. The van der Waals surface area contributed by atoms with Gasteiger partial charge in [-0.1, -0.05) is 181 Å². The second-order valence-electron chi connectivity index (χ2n) is 2.92. The van der Waals surface area contributed by atoms with Crippen LogP contribution in [0, 0.1) is 0 Å². The lowest BCUT2D eigenvalue weighted by atomic mass is 10.3. The van der Waals surface area contributed by atoms with Crippen LogP contribution in [0.2, 0.25) is 0 Å². The van der Waals surface area contributed by atoms with Gasteiger partial charge in [-0.05, 0) is 22.6 Å². The molecule has 1 aliphatic carbocycles. The van der Waals surface area contributed by atoms with Crippen LogP contribution in [-0.4, -0.2) is 14.4 Å². The zero-order valence-corrected chi connectivity index (χ0v) is 25.8. The van der Waals surface area contributed by atoms with Gasteiger partial charge in [0.1, 0.15) is 5.71 Å². The predicted octanol–water partition coefficient (Wildman–Crippen LogP) is 6.39.